The molecule has 1 fully saturated rings. The molecular weight excluding hydrogens is 397 g/mol. The molecule has 0 saturated carbocycles. The maximum absolute atomic E-state index is 13.3. The van der Waals surface area contributed by atoms with Gasteiger partial charge in [0.15, 0.2) is 0 Å². The Morgan fingerprint density at radius 2 is 1.90 bits per heavy atom. The summed E-state index contributed by atoms with van der Waals surface area (Å²) in [4.78, 5) is 12.2. The van der Waals surface area contributed by atoms with Crippen molar-refractivity contribution in [3.63, 3.8) is 0 Å². The fourth-order valence-corrected chi connectivity index (χ4v) is 5.48. The van der Waals surface area contributed by atoms with Crippen LogP contribution in [-0.4, -0.2) is 49.2 Å². The Hall–Kier alpha value is -2.33. The number of nitrogens with zero attached hydrogens (tertiary/aromatic N) is 1. The van der Waals surface area contributed by atoms with Crippen LogP contribution in [0.15, 0.2) is 54.6 Å². The Balaban J connectivity index is 1.83. The summed E-state index contributed by atoms with van der Waals surface area (Å²) in [5.41, 5.74) is 3.06. The van der Waals surface area contributed by atoms with Crippen LogP contribution in [0.4, 0.5) is 4.39 Å². The molecule has 2 aromatic carbocycles. The van der Waals surface area contributed by atoms with Gasteiger partial charge in [-0.25, -0.2) is 18.3 Å². The van der Waals surface area contributed by atoms with Gasteiger partial charge in [0.05, 0.1) is 17.7 Å². The predicted octanol–water partition coefficient (Wildman–Crippen LogP) is 1.47. The summed E-state index contributed by atoms with van der Waals surface area (Å²) in [7, 11) is -3.84. The van der Waals surface area contributed by atoms with Crippen LogP contribution < -0.4 is 10.8 Å². The van der Waals surface area contributed by atoms with Crippen LogP contribution >= 0.6 is 0 Å². The zero-order valence-electron chi connectivity index (χ0n) is 15.8. The van der Waals surface area contributed by atoms with Gasteiger partial charge in [0.2, 0.25) is 15.9 Å². The zero-order chi connectivity index (χ0) is 20.9. The molecule has 1 aliphatic rings. The summed E-state index contributed by atoms with van der Waals surface area (Å²) < 4.78 is 41.1. The second kappa shape index (κ2) is 9.45. The molecule has 29 heavy (non-hydrogen) atoms. The third-order valence-corrected chi connectivity index (χ3v) is 7.00. The number of hydrogen-bond acceptors (Lipinski definition) is 5. The van der Waals surface area contributed by atoms with Crippen LogP contribution in [-0.2, 0) is 21.2 Å². The fraction of sp³-hybridized carbons (Fsp3) is 0.350. The van der Waals surface area contributed by atoms with Gasteiger partial charge in [-0.05, 0) is 29.7 Å². The molecule has 0 aliphatic carbocycles. The molecule has 2 unspecified atom stereocenters. The van der Waals surface area contributed by atoms with Gasteiger partial charge < -0.3 is 5.32 Å². The van der Waals surface area contributed by atoms with Gasteiger partial charge >= 0.3 is 0 Å². The monoisotopic (exact) mass is 421 g/mol. The molecule has 9 heteroatoms. The Bertz CT molecular complexity index is 923. The Morgan fingerprint density at radius 1 is 1.21 bits per heavy atom. The summed E-state index contributed by atoms with van der Waals surface area (Å²) in [6.07, 6.45) is 0.180. The molecule has 2 aromatic rings. The van der Waals surface area contributed by atoms with Crippen molar-refractivity contribution in [3.8, 4) is 0 Å². The SMILES string of the molecule is O=C(NO)C(Cc1ccccc1)CS(=O)(=O)N1CCNCC1c1ccc(F)cc1. The molecule has 0 spiro atoms. The number of benzene rings is 2. The molecule has 7 nitrogen and oxygen atoms in total. The van der Waals surface area contributed by atoms with E-state index in [0.717, 1.165) is 5.56 Å². The van der Waals surface area contributed by atoms with Gasteiger partial charge in [-0.2, -0.15) is 4.31 Å². The highest BCUT2D eigenvalue weighted by Crippen LogP contribution is 2.27. The van der Waals surface area contributed by atoms with Gasteiger partial charge in [-0.1, -0.05) is 42.5 Å². The molecule has 1 heterocycles. The van der Waals surface area contributed by atoms with Crippen molar-refractivity contribution in [1.82, 2.24) is 15.1 Å². The molecule has 156 valence electrons. The number of hydrogen-bond donors (Lipinski definition) is 3. The summed E-state index contributed by atoms with van der Waals surface area (Å²) in [5.74, 6) is -2.53. The van der Waals surface area contributed by atoms with Crippen LogP contribution in [0, 0.1) is 11.7 Å². The average molecular weight is 421 g/mol. The van der Waals surface area contributed by atoms with E-state index in [4.69, 9.17) is 5.21 Å². The minimum absolute atomic E-state index is 0.180. The van der Waals surface area contributed by atoms with Gasteiger partial charge in [0.1, 0.15) is 5.82 Å². The van der Waals surface area contributed by atoms with E-state index in [-0.39, 0.29) is 13.0 Å². The largest absolute Gasteiger partial charge is 0.313 e. The van der Waals surface area contributed by atoms with E-state index in [2.05, 4.69) is 5.32 Å². The van der Waals surface area contributed by atoms with Crippen LogP contribution in [0.25, 0.3) is 0 Å². The lowest BCUT2D eigenvalue weighted by Crippen LogP contribution is -2.50. The molecule has 1 amide bonds. The van der Waals surface area contributed by atoms with Gasteiger partial charge in [0.25, 0.3) is 0 Å². The van der Waals surface area contributed by atoms with Gasteiger partial charge in [0, 0.05) is 19.6 Å². The van der Waals surface area contributed by atoms with Gasteiger partial charge in [-0.3, -0.25) is 10.0 Å². The van der Waals surface area contributed by atoms with Crippen molar-refractivity contribution in [3.05, 3.63) is 71.5 Å². The van der Waals surface area contributed by atoms with Crippen molar-refractivity contribution in [2.45, 2.75) is 12.5 Å². The maximum atomic E-state index is 13.3. The Morgan fingerprint density at radius 3 is 2.55 bits per heavy atom. The van der Waals surface area contributed by atoms with Gasteiger partial charge in [-0.15, -0.1) is 0 Å². The zero-order valence-corrected chi connectivity index (χ0v) is 16.6. The molecule has 3 N–H and O–H groups in total. The highest BCUT2D eigenvalue weighted by atomic mass is 32.2. The Kier molecular flexibility index (Phi) is 6.96. The third-order valence-electron chi connectivity index (χ3n) is 5.02. The molecular formula is C20H24FN3O4S. The predicted molar refractivity (Wildman–Crippen MR) is 106 cm³/mol. The quantitative estimate of drug-likeness (QED) is 0.465. The summed E-state index contributed by atoms with van der Waals surface area (Å²) in [5, 5.41) is 12.3. The standard InChI is InChI=1S/C20H24FN3O4S/c21-18-8-6-16(7-9-18)19-13-22-10-11-24(19)29(27,28)14-17(20(25)23-26)12-15-4-2-1-3-5-15/h1-9,17,19,22,26H,10-14H2,(H,23,25). The maximum Gasteiger partial charge on any atom is 0.247 e. The third kappa shape index (κ3) is 5.39. The fourth-order valence-electron chi connectivity index (χ4n) is 3.55. The molecule has 3 rings (SSSR count). The number of carbonyl (C=O) groups excluding carboxylic acids is 1. The van der Waals surface area contributed by atoms with E-state index in [9.17, 15) is 17.6 Å². The van der Waals surface area contributed by atoms with Crippen molar-refractivity contribution < 1.29 is 22.8 Å². The highest BCUT2D eigenvalue weighted by molar-refractivity contribution is 7.89. The van der Waals surface area contributed by atoms with E-state index >= 15 is 0 Å². The first-order chi connectivity index (χ1) is 13.9. The first-order valence-electron chi connectivity index (χ1n) is 9.34. The lowest BCUT2D eigenvalue weighted by atomic mass is 10.0. The van der Waals surface area contributed by atoms with Crippen LogP contribution in [0.2, 0.25) is 0 Å². The number of sulfonamides is 1. The van der Waals surface area contributed by atoms with Crippen molar-refractivity contribution >= 4 is 15.9 Å². The summed E-state index contributed by atoms with van der Waals surface area (Å²) in [6, 6.07) is 14.3. The minimum Gasteiger partial charge on any atom is -0.313 e. The molecule has 2 atom stereocenters. The lowest BCUT2D eigenvalue weighted by Gasteiger charge is -2.36. The Labute approximate surface area is 169 Å². The topological polar surface area (TPSA) is 98.7 Å². The molecule has 0 radical (unpaired) electrons. The van der Waals surface area contributed by atoms with E-state index in [1.165, 1.54) is 16.4 Å². The number of nitrogens with one attached hydrogen (secondary N) is 2. The van der Waals surface area contributed by atoms with Crippen LogP contribution in [0.1, 0.15) is 17.2 Å². The van der Waals surface area contributed by atoms with Crippen molar-refractivity contribution in [1.29, 1.82) is 0 Å². The lowest BCUT2D eigenvalue weighted by molar-refractivity contribution is -0.132. The normalized spacial score (nSPS) is 18.9. The first-order valence-corrected chi connectivity index (χ1v) is 10.9. The van der Waals surface area contributed by atoms with Crippen molar-refractivity contribution in [2.75, 3.05) is 25.4 Å². The number of carbonyl (C=O) groups is 1. The molecule has 1 saturated heterocycles. The number of rotatable bonds is 7. The average Bonchev–Trinajstić information content (AvgIpc) is 2.74. The number of hydroxylamine groups is 1. The number of amides is 1. The second-order valence-corrected chi connectivity index (χ2v) is 8.99. The van der Waals surface area contributed by atoms with Crippen molar-refractivity contribution in [2.24, 2.45) is 5.92 Å². The summed E-state index contributed by atoms with van der Waals surface area (Å²) >= 11 is 0. The molecule has 1 aliphatic heterocycles. The summed E-state index contributed by atoms with van der Waals surface area (Å²) in [6.45, 7) is 1.11. The molecule has 0 aromatic heterocycles. The van der Waals surface area contributed by atoms with E-state index < -0.39 is 39.5 Å². The minimum atomic E-state index is -3.84. The molecule has 0 bridgehead atoms. The van der Waals surface area contributed by atoms with E-state index in [1.54, 1.807) is 41.9 Å². The van der Waals surface area contributed by atoms with E-state index in [1.807, 2.05) is 6.07 Å². The number of halogens is 1. The highest BCUT2D eigenvalue weighted by Gasteiger charge is 2.36. The van der Waals surface area contributed by atoms with Crippen LogP contribution in [0.5, 0.6) is 0 Å². The second-order valence-electron chi connectivity index (χ2n) is 7.02. The first kappa shape index (κ1) is 21.4. The number of piperazine rings is 1. The van der Waals surface area contributed by atoms with Crippen LogP contribution in [0.3, 0.4) is 0 Å². The smallest absolute Gasteiger partial charge is 0.247 e. The van der Waals surface area contributed by atoms with E-state index in [0.29, 0.717) is 18.7 Å².